The van der Waals surface area contributed by atoms with Gasteiger partial charge in [-0.25, -0.2) is 0 Å². The summed E-state index contributed by atoms with van der Waals surface area (Å²) in [7, 11) is 0. The largest absolute Gasteiger partial charge is 0.494 e. The molecule has 0 saturated heterocycles. The molecule has 0 N–H and O–H groups in total. The van der Waals surface area contributed by atoms with Crippen LogP contribution in [0.3, 0.4) is 0 Å². The first kappa shape index (κ1) is 23.8. The molecule has 0 amide bonds. The van der Waals surface area contributed by atoms with Crippen molar-refractivity contribution in [2.24, 2.45) is 0 Å². The van der Waals surface area contributed by atoms with Gasteiger partial charge in [-0.2, -0.15) is 0 Å². The fraction of sp³-hybridized carbons (Fsp3) is 0.692. The Hall–Kier alpha value is -1.24. The fourth-order valence-corrected chi connectivity index (χ4v) is 3.84. The van der Waals surface area contributed by atoms with Crippen LogP contribution >= 0.6 is 0 Å². The first-order valence-electron chi connectivity index (χ1n) is 11.6. The van der Waals surface area contributed by atoms with Gasteiger partial charge >= 0.3 is 0 Å². The van der Waals surface area contributed by atoms with Crippen molar-refractivity contribution in [3.63, 3.8) is 0 Å². The van der Waals surface area contributed by atoms with Crippen LogP contribution in [-0.4, -0.2) is 0 Å². The Morgan fingerprint density at radius 2 is 1.44 bits per heavy atom. The van der Waals surface area contributed by atoms with Gasteiger partial charge < -0.3 is 4.74 Å². The Morgan fingerprint density at radius 1 is 0.815 bits per heavy atom. The lowest BCUT2D eigenvalue weighted by atomic mass is 9.91. The zero-order chi connectivity index (χ0) is 19.7. The summed E-state index contributed by atoms with van der Waals surface area (Å²) in [6.07, 6.45) is 19.6. The fourth-order valence-electron chi connectivity index (χ4n) is 3.84. The lowest BCUT2D eigenvalue weighted by Crippen LogP contribution is -2.06. The molecule has 0 spiro atoms. The zero-order valence-corrected chi connectivity index (χ0v) is 18.4. The van der Waals surface area contributed by atoms with Gasteiger partial charge in [0.1, 0.15) is 6.10 Å². The summed E-state index contributed by atoms with van der Waals surface area (Å²) in [6, 6.07) is 7.17. The Bertz CT molecular complexity index is 491. The number of unbranched alkanes of at least 4 members (excludes halogenated alkanes) is 8. The summed E-state index contributed by atoms with van der Waals surface area (Å²) in [5, 5.41) is 0. The van der Waals surface area contributed by atoms with Crippen LogP contribution in [0.4, 0.5) is 0 Å². The number of hydrogen-bond acceptors (Lipinski definition) is 1. The van der Waals surface area contributed by atoms with E-state index in [-0.39, 0.29) is 6.10 Å². The highest BCUT2D eigenvalue weighted by Gasteiger charge is 2.16. The van der Waals surface area contributed by atoms with Crippen LogP contribution in [0.15, 0.2) is 31.0 Å². The van der Waals surface area contributed by atoms with Crippen molar-refractivity contribution in [3.05, 3.63) is 47.7 Å². The number of aryl methyl sites for hydroxylation is 2. The van der Waals surface area contributed by atoms with E-state index in [0.717, 1.165) is 6.42 Å². The molecule has 0 aromatic heterocycles. The third-order valence-corrected chi connectivity index (χ3v) is 5.50. The van der Waals surface area contributed by atoms with Crippen molar-refractivity contribution in [2.45, 2.75) is 117 Å². The molecule has 1 atom stereocenters. The van der Waals surface area contributed by atoms with E-state index in [1.807, 2.05) is 0 Å². The van der Waals surface area contributed by atoms with Crippen molar-refractivity contribution in [1.29, 1.82) is 0 Å². The molecule has 0 saturated carbocycles. The first-order valence-corrected chi connectivity index (χ1v) is 11.6. The van der Waals surface area contributed by atoms with E-state index in [4.69, 9.17) is 4.74 Å². The maximum absolute atomic E-state index is 5.96. The molecular formula is C26H44O. The molecule has 1 nitrogen and oxygen atoms in total. The molecule has 1 heteroatoms. The Morgan fingerprint density at radius 3 is 2.07 bits per heavy atom. The van der Waals surface area contributed by atoms with Crippen molar-refractivity contribution >= 4 is 0 Å². The Labute approximate surface area is 169 Å². The minimum absolute atomic E-state index is 0.171. The third-order valence-electron chi connectivity index (χ3n) is 5.50. The van der Waals surface area contributed by atoms with Crippen molar-refractivity contribution < 1.29 is 4.74 Å². The number of benzene rings is 1. The summed E-state index contributed by atoms with van der Waals surface area (Å²) in [6.45, 7) is 10.6. The van der Waals surface area contributed by atoms with Crippen LogP contribution < -0.4 is 0 Å². The highest BCUT2D eigenvalue weighted by molar-refractivity contribution is 5.34. The molecule has 1 unspecified atom stereocenters. The third kappa shape index (κ3) is 10.0. The zero-order valence-electron chi connectivity index (χ0n) is 18.4. The Kier molecular flexibility index (Phi) is 13.9. The summed E-state index contributed by atoms with van der Waals surface area (Å²) >= 11 is 0. The minimum atomic E-state index is 0.171. The van der Waals surface area contributed by atoms with E-state index in [1.54, 1.807) is 6.26 Å². The molecule has 27 heavy (non-hydrogen) atoms. The molecule has 1 aromatic carbocycles. The maximum atomic E-state index is 5.96. The van der Waals surface area contributed by atoms with Crippen LogP contribution in [0.2, 0.25) is 0 Å². The lowest BCUT2D eigenvalue weighted by Gasteiger charge is -2.21. The van der Waals surface area contributed by atoms with Gasteiger partial charge in [-0.05, 0) is 55.2 Å². The minimum Gasteiger partial charge on any atom is -0.494 e. The maximum Gasteiger partial charge on any atom is 0.123 e. The normalized spacial score (nSPS) is 12.1. The molecule has 1 aromatic rings. The average molecular weight is 373 g/mol. The lowest BCUT2D eigenvalue weighted by molar-refractivity contribution is 0.134. The molecule has 0 heterocycles. The predicted octanol–water partition coefficient (Wildman–Crippen LogP) is 8.71. The van der Waals surface area contributed by atoms with Gasteiger partial charge in [-0.3, -0.25) is 0 Å². The second-order valence-electron chi connectivity index (χ2n) is 7.94. The summed E-state index contributed by atoms with van der Waals surface area (Å²) in [5.74, 6) is 0. The van der Waals surface area contributed by atoms with Gasteiger partial charge in [0.2, 0.25) is 0 Å². The smallest absolute Gasteiger partial charge is 0.123 e. The van der Waals surface area contributed by atoms with Gasteiger partial charge in [-0.1, -0.05) is 96.9 Å². The SMILES string of the molecule is C=COC(CCCCC)c1ccc(CCCCCC)cc1CCCCCC. The van der Waals surface area contributed by atoms with Crippen molar-refractivity contribution in [1.82, 2.24) is 0 Å². The summed E-state index contributed by atoms with van der Waals surface area (Å²) in [4.78, 5) is 0. The van der Waals surface area contributed by atoms with Gasteiger partial charge in [0, 0.05) is 0 Å². The van der Waals surface area contributed by atoms with Crippen LogP contribution in [0, 0.1) is 0 Å². The molecule has 0 radical (unpaired) electrons. The van der Waals surface area contributed by atoms with Gasteiger partial charge in [0.15, 0.2) is 0 Å². The number of hydrogen-bond donors (Lipinski definition) is 0. The monoisotopic (exact) mass is 372 g/mol. The second-order valence-corrected chi connectivity index (χ2v) is 7.94. The van der Waals surface area contributed by atoms with Crippen LogP contribution in [0.1, 0.15) is 121 Å². The highest BCUT2D eigenvalue weighted by atomic mass is 16.5. The first-order chi connectivity index (χ1) is 13.3. The second kappa shape index (κ2) is 15.8. The van der Waals surface area contributed by atoms with E-state index in [0.29, 0.717) is 0 Å². The number of ether oxygens (including phenoxy) is 1. The van der Waals surface area contributed by atoms with Gasteiger partial charge in [0.05, 0.1) is 6.26 Å². The van der Waals surface area contributed by atoms with Gasteiger partial charge in [-0.15, -0.1) is 0 Å². The van der Waals surface area contributed by atoms with Gasteiger partial charge in [0.25, 0.3) is 0 Å². The van der Waals surface area contributed by atoms with Crippen LogP contribution in [0.25, 0.3) is 0 Å². The van der Waals surface area contributed by atoms with Crippen LogP contribution in [0.5, 0.6) is 0 Å². The molecule has 0 aliphatic heterocycles. The molecule has 0 fully saturated rings. The Balaban J connectivity index is 2.87. The standard InChI is InChI=1S/C26H44O/c1-5-9-12-15-17-23-20-21-25(24(22-23)18-16-13-10-6-2)26(27-8-4)19-14-11-7-3/h8,20-22,26H,4-7,9-19H2,1-3H3. The van der Waals surface area contributed by atoms with Crippen LogP contribution in [-0.2, 0) is 17.6 Å². The molecule has 154 valence electrons. The summed E-state index contributed by atoms with van der Waals surface area (Å²) in [5.41, 5.74) is 4.42. The van der Waals surface area contributed by atoms with E-state index in [9.17, 15) is 0 Å². The van der Waals surface area contributed by atoms with Crippen molar-refractivity contribution in [3.8, 4) is 0 Å². The quantitative estimate of drug-likeness (QED) is 0.196. The highest BCUT2D eigenvalue weighted by Crippen LogP contribution is 2.29. The molecule has 0 bridgehead atoms. The summed E-state index contributed by atoms with van der Waals surface area (Å²) < 4.78 is 5.96. The molecule has 1 rings (SSSR count). The van der Waals surface area contributed by atoms with E-state index >= 15 is 0 Å². The predicted molar refractivity (Wildman–Crippen MR) is 120 cm³/mol. The van der Waals surface area contributed by atoms with Crippen molar-refractivity contribution in [2.75, 3.05) is 0 Å². The number of rotatable bonds is 17. The molecular weight excluding hydrogens is 328 g/mol. The molecule has 0 aliphatic rings. The topological polar surface area (TPSA) is 9.23 Å². The average Bonchev–Trinajstić information content (AvgIpc) is 2.68. The molecule has 0 aliphatic carbocycles. The van der Waals surface area contributed by atoms with E-state index in [1.165, 1.54) is 100 Å². The van der Waals surface area contributed by atoms with E-state index < -0.39 is 0 Å². The van der Waals surface area contributed by atoms with E-state index in [2.05, 4.69) is 45.5 Å².